The molecule has 3 saturated carbocycles. The van der Waals surface area contributed by atoms with Crippen molar-refractivity contribution in [3.8, 4) is 12.1 Å². The SMILES string of the molecule is CC(C)(C)CNc1c(C#N)cnc2c(N[C@@H](c3ccc(F)cc3)c3cn(C45CC(C4)C5)nn3)cc(C#N)cc12. The summed E-state index contributed by atoms with van der Waals surface area (Å²) in [7, 11) is 0. The van der Waals surface area contributed by atoms with Crippen LogP contribution in [0.25, 0.3) is 10.9 Å². The molecule has 0 saturated heterocycles. The van der Waals surface area contributed by atoms with E-state index in [1.165, 1.54) is 12.1 Å². The number of nitriles is 2. The van der Waals surface area contributed by atoms with Gasteiger partial charge in [-0.15, -0.1) is 5.10 Å². The van der Waals surface area contributed by atoms with Crippen LogP contribution in [0.2, 0.25) is 0 Å². The molecule has 2 bridgehead atoms. The number of nitrogens with zero attached hydrogens (tertiary/aromatic N) is 6. The van der Waals surface area contributed by atoms with Gasteiger partial charge in [0.15, 0.2) is 0 Å². The zero-order valence-corrected chi connectivity index (χ0v) is 22.2. The molecule has 9 heteroatoms. The Hall–Kier alpha value is -4.50. The van der Waals surface area contributed by atoms with E-state index >= 15 is 0 Å². The minimum absolute atomic E-state index is 0.0316. The number of nitrogens with one attached hydrogen (secondary N) is 2. The van der Waals surface area contributed by atoms with Crippen molar-refractivity contribution in [3.63, 3.8) is 0 Å². The van der Waals surface area contributed by atoms with Gasteiger partial charge in [0, 0.05) is 18.1 Å². The molecule has 2 heterocycles. The second kappa shape index (κ2) is 9.06. The number of pyridine rings is 1. The lowest BCUT2D eigenvalue weighted by Crippen LogP contribution is -2.59. The van der Waals surface area contributed by atoms with Crippen molar-refractivity contribution < 1.29 is 4.39 Å². The van der Waals surface area contributed by atoms with E-state index in [0.29, 0.717) is 45.6 Å². The van der Waals surface area contributed by atoms with Crippen LogP contribution in [0.5, 0.6) is 0 Å². The highest BCUT2D eigenvalue weighted by molar-refractivity contribution is 6.01. The summed E-state index contributed by atoms with van der Waals surface area (Å²) >= 11 is 0. The highest BCUT2D eigenvalue weighted by Crippen LogP contribution is 2.62. The molecule has 0 amide bonds. The van der Waals surface area contributed by atoms with E-state index in [4.69, 9.17) is 0 Å². The summed E-state index contributed by atoms with van der Waals surface area (Å²) in [6.45, 7) is 6.95. The lowest BCUT2D eigenvalue weighted by atomic mass is 9.50. The summed E-state index contributed by atoms with van der Waals surface area (Å²) in [4.78, 5) is 4.62. The van der Waals surface area contributed by atoms with Gasteiger partial charge in [0.2, 0.25) is 0 Å². The average Bonchev–Trinajstić information content (AvgIpc) is 3.32. The van der Waals surface area contributed by atoms with Crippen molar-refractivity contribution >= 4 is 22.3 Å². The smallest absolute Gasteiger partial charge is 0.123 e. The molecule has 2 N–H and O–H groups in total. The fourth-order valence-electron chi connectivity index (χ4n) is 5.60. The van der Waals surface area contributed by atoms with Crippen LogP contribution in [-0.2, 0) is 5.54 Å². The Balaban J connectivity index is 1.45. The van der Waals surface area contributed by atoms with E-state index in [1.54, 1.807) is 30.5 Å². The molecule has 1 atom stereocenters. The van der Waals surface area contributed by atoms with Gasteiger partial charge in [-0.05, 0) is 60.4 Å². The Morgan fingerprint density at radius 3 is 2.49 bits per heavy atom. The summed E-state index contributed by atoms with van der Waals surface area (Å²) in [6, 6.07) is 13.8. The third-order valence-electron chi connectivity index (χ3n) is 7.82. The predicted molar refractivity (Wildman–Crippen MR) is 146 cm³/mol. The van der Waals surface area contributed by atoms with Gasteiger partial charge in [-0.2, -0.15) is 10.5 Å². The minimum atomic E-state index is -0.465. The zero-order chi connectivity index (χ0) is 27.4. The molecule has 0 spiro atoms. The number of aromatic nitrogens is 4. The predicted octanol–water partition coefficient (Wildman–Crippen LogP) is 5.88. The van der Waals surface area contributed by atoms with Crippen LogP contribution in [0.4, 0.5) is 15.8 Å². The molecule has 3 fully saturated rings. The van der Waals surface area contributed by atoms with Crippen LogP contribution < -0.4 is 10.6 Å². The normalized spacial score (nSPS) is 20.3. The van der Waals surface area contributed by atoms with E-state index in [0.717, 1.165) is 30.7 Å². The second-order valence-electron chi connectivity index (χ2n) is 12.0. The Morgan fingerprint density at radius 1 is 1.13 bits per heavy atom. The molecule has 0 aliphatic heterocycles. The van der Waals surface area contributed by atoms with Gasteiger partial charge in [0.25, 0.3) is 0 Å². The van der Waals surface area contributed by atoms with Gasteiger partial charge >= 0.3 is 0 Å². The van der Waals surface area contributed by atoms with Crippen LogP contribution in [0.1, 0.15) is 68.5 Å². The lowest BCUT2D eigenvalue weighted by Gasteiger charge is -2.61. The highest BCUT2D eigenvalue weighted by atomic mass is 19.1. The van der Waals surface area contributed by atoms with E-state index in [-0.39, 0.29) is 16.8 Å². The maximum Gasteiger partial charge on any atom is 0.123 e. The molecule has 3 aliphatic rings. The first-order valence-electron chi connectivity index (χ1n) is 13.1. The number of fused-ring (bicyclic) bond motifs is 1. The van der Waals surface area contributed by atoms with Crippen molar-refractivity contribution in [2.24, 2.45) is 11.3 Å². The van der Waals surface area contributed by atoms with Crippen LogP contribution in [0, 0.1) is 39.8 Å². The summed E-state index contributed by atoms with van der Waals surface area (Å²) in [5.41, 5.74) is 4.25. The van der Waals surface area contributed by atoms with E-state index in [1.807, 2.05) is 10.9 Å². The first-order chi connectivity index (χ1) is 18.7. The molecule has 196 valence electrons. The Morgan fingerprint density at radius 2 is 1.87 bits per heavy atom. The van der Waals surface area contributed by atoms with Gasteiger partial charge in [0.1, 0.15) is 17.6 Å². The Kier molecular flexibility index (Phi) is 5.76. The third-order valence-corrected chi connectivity index (χ3v) is 7.82. The maximum absolute atomic E-state index is 13.8. The summed E-state index contributed by atoms with van der Waals surface area (Å²) in [5, 5.41) is 36.3. The van der Waals surface area contributed by atoms with Crippen molar-refractivity contribution in [2.45, 2.75) is 51.6 Å². The average molecular weight is 521 g/mol. The number of hydrogen-bond donors (Lipinski definition) is 2. The number of halogens is 1. The molecular weight excluding hydrogens is 491 g/mol. The number of benzene rings is 2. The molecule has 4 aromatic rings. The zero-order valence-electron chi connectivity index (χ0n) is 22.2. The first-order valence-corrected chi connectivity index (χ1v) is 13.1. The fraction of sp³-hybridized carbons (Fsp3) is 0.367. The molecule has 7 rings (SSSR count). The van der Waals surface area contributed by atoms with E-state index in [2.05, 4.69) is 58.8 Å². The molecule has 0 radical (unpaired) electrons. The third kappa shape index (κ3) is 4.44. The molecule has 0 unspecified atom stereocenters. The van der Waals surface area contributed by atoms with E-state index in [9.17, 15) is 14.9 Å². The highest BCUT2D eigenvalue weighted by Gasteiger charge is 2.58. The lowest BCUT2D eigenvalue weighted by molar-refractivity contribution is -0.0989. The quantitative estimate of drug-likeness (QED) is 0.313. The molecule has 3 aliphatic carbocycles. The van der Waals surface area contributed by atoms with Gasteiger partial charge in [-0.1, -0.05) is 38.1 Å². The van der Waals surface area contributed by atoms with Gasteiger partial charge in [-0.3, -0.25) is 4.98 Å². The van der Waals surface area contributed by atoms with Crippen LogP contribution in [-0.4, -0.2) is 26.5 Å². The summed E-state index contributed by atoms with van der Waals surface area (Å²) in [5.74, 6) is 0.474. The van der Waals surface area contributed by atoms with Crippen molar-refractivity contribution in [1.29, 1.82) is 10.5 Å². The second-order valence-corrected chi connectivity index (χ2v) is 12.0. The monoisotopic (exact) mass is 520 g/mol. The molecule has 2 aromatic carbocycles. The number of hydrogen-bond acceptors (Lipinski definition) is 7. The van der Waals surface area contributed by atoms with Gasteiger partial charge in [0.05, 0.1) is 51.9 Å². The largest absolute Gasteiger partial charge is 0.383 e. The van der Waals surface area contributed by atoms with Crippen LogP contribution in [0.15, 0.2) is 48.8 Å². The van der Waals surface area contributed by atoms with Gasteiger partial charge < -0.3 is 10.6 Å². The minimum Gasteiger partial charge on any atom is -0.383 e. The molecule has 8 nitrogen and oxygen atoms in total. The maximum atomic E-state index is 13.8. The molecular formula is C30H29FN8. The summed E-state index contributed by atoms with van der Waals surface area (Å²) in [6.07, 6.45) is 6.93. The standard InChI is InChI=1S/C30H29FN8/c1-29(2,3)17-35-26-21(14-33)15-34-28-23(26)8-18(13-32)9-24(28)36-27(20-4-6-22(31)7-5-20)25-16-39(38-37-25)30-10-19(11-30)12-30/h4-9,15-16,19,27,36H,10-12,17H2,1-3H3,(H,34,35)/t19?,27-,30?/m0/s1. The number of rotatable bonds is 7. The Labute approximate surface area is 226 Å². The molecule has 2 aromatic heterocycles. The fourth-order valence-corrected chi connectivity index (χ4v) is 5.60. The Bertz CT molecular complexity index is 1630. The van der Waals surface area contributed by atoms with Crippen LogP contribution in [0.3, 0.4) is 0 Å². The van der Waals surface area contributed by atoms with E-state index < -0.39 is 6.04 Å². The molecule has 39 heavy (non-hydrogen) atoms. The summed E-state index contributed by atoms with van der Waals surface area (Å²) < 4.78 is 15.8. The van der Waals surface area contributed by atoms with Crippen molar-refractivity contribution in [2.75, 3.05) is 17.2 Å². The number of anilines is 2. The van der Waals surface area contributed by atoms with Crippen LogP contribution >= 0.6 is 0 Å². The van der Waals surface area contributed by atoms with Gasteiger partial charge in [-0.25, -0.2) is 9.07 Å². The first kappa shape index (κ1) is 24.8. The van der Waals surface area contributed by atoms with Crippen molar-refractivity contribution in [3.05, 3.63) is 77.0 Å². The topological polar surface area (TPSA) is 115 Å². The van der Waals surface area contributed by atoms with Crippen molar-refractivity contribution in [1.82, 2.24) is 20.0 Å².